The van der Waals surface area contributed by atoms with Gasteiger partial charge in [0.05, 0.1) is 0 Å². The average Bonchev–Trinajstić information content (AvgIpc) is 2.46. The summed E-state index contributed by atoms with van der Waals surface area (Å²) < 4.78 is 5.34. The Hall–Kier alpha value is -1.39. The van der Waals surface area contributed by atoms with Crippen LogP contribution >= 0.6 is 0 Å². The molecular weight excluding hydrogens is 240 g/mol. The number of amides is 1. The highest BCUT2D eigenvalue weighted by Crippen LogP contribution is 2.18. The smallest absolute Gasteiger partial charge is 0.254 e. The fourth-order valence-corrected chi connectivity index (χ4v) is 1.91. The molecule has 0 saturated heterocycles. The Morgan fingerprint density at radius 3 is 2.26 bits per heavy atom. The van der Waals surface area contributed by atoms with Gasteiger partial charge in [0.2, 0.25) is 0 Å². The molecule has 0 aromatic heterocycles. The number of hydrogen-bond donors (Lipinski definition) is 1. The van der Waals surface area contributed by atoms with Crippen LogP contribution in [-0.2, 0) is 22.6 Å². The Morgan fingerprint density at radius 1 is 1.32 bits per heavy atom. The van der Waals surface area contributed by atoms with Gasteiger partial charge < -0.3 is 15.4 Å². The lowest BCUT2D eigenvalue weighted by atomic mass is 10.0. The lowest BCUT2D eigenvalue weighted by Gasteiger charge is -2.30. The maximum atomic E-state index is 12.3. The zero-order valence-corrected chi connectivity index (χ0v) is 12.3. The molecule has 1 atom stereocenters. The number of carbonyl (C=O) groups excluding carboxylic acids is 1. The molecule has 1 rings (SSSR count). The van der Waals surface area contributed by atoms with E-state index in [1.54, 1.807) is 19.1 Å². The van der Waals surface area contributed by atoms with Crippen LogP contribution in [0.5, 0.6) is 0 Å². The van der Waals surface area contributed by atoms with Crippen molar-refractivity contribution in [1.29, 1.82) is 0 Å². The summed E-state index contributed by atoms with van der Waals surface area (Å²) in [6, 6.07) is 7.98. The first-order valence-corrected chi connectivity index (χ1v) is 6.55. The van der Waals surface area contributed by atoms with E-state index in [-0.39, 0.29) is 5.91 Å². The molecule has 1 aromatic rings. The van der Waals surface area contributed by atoms with Crippen LogP contribution < -0.4 is 5.73 Å². The largest absolute Gasteiger partial charge is 0.369 e. The van der Waals surface area contributed by atoms with E-state index in [1.807, 2.05) is 38.1 Å². The molecule has 0 fully saturated rings. The number of benzene rings is 1. The quantitative estimate of drug-likeness (QED) is 0.854. The molecule has 0 aliphatic carbocycles. The molecule has 0 aliphatic heterocycles. The molecule has 0 heterocycles. The first-order valence-electron chi connectivity index (χ1n) is 6.55. The van der Waals surface area contributed by atoms with E-state index in [0.29, 0.717) is 19.5 Å². The second-order valence-corrected chi connectivity index (χ2v) is 4.97. The van der Waals surface area contributed by atoms with Crippen molar-refractivity contribution < 1.29 is 9.53 Å². The number of likely N-dealkylation sites (N-methyl/N-ethyl adjacent to an activating group) is 1. The van der Waals surface area contributed by atoms with Gasteiger partial charge in [0.15, 0.2) is 0 Å². The highest BCUT2D eigenvalue weighted by molar-refractivity contribution is 5.84. The minimum absolute atomic E-state index is 0.000372. The number of nitrogens with zero attached hydrogens (tertiary/aromatic N) is 1. The van der Waals surface area contributed by atoms with Gasteiger partial charge in [0.25, 0.3) is 5.91 Å². The van der Waals surface area contributed by atoms with Crippen LogP contribution in [0.3, 0.4) is 0 Å². The van der Waals surface area contributed by atoms with E-state index in [0.717, 1.165) is 11.1 Å². The first kappa shape index (κ1) is 15.7. The van der Waals surface area contributed by atoms with Gasteiger partial charge in [-0.2, -0.15) is 0 Å². The molecule has 1 amide bonds. The van der Waals surface area contributed by atoms with Gasteiger partial charge >= 0.3 is 0 Å². The number of rotatable bonds is 6. The van der Waals surface area contributed by atoms with E-state index in [2.05, 4.69) is 0 Å². The minimum Gasteiger partial charge on any atom is -0.369 e. The van der Waals surface area contributed by atoms with Crippen LogP contribution in [0.1, 0.15) is 31.4 Å². The van der Waals surface area contributed by atoms with Crippen LogP contribution in [0.25, 0.3) is 0 Å². The van der Waals surface area contributed by atoms with E-state index >= 15 is 0 Å². The first-order chi connectivity index (χ1) is 8.96. The van der Waals surface area contributed by atoms with Crippen molar-refractivity contribution in [1.82, 2.24) is 4.90 Å². The second kappa shape index (κ2) is 6.68. The van der Waals surface area contributed by atoms with Crippen molar-refractivity contribution in [3.8, 4) is 0 Å². The van der Waals surface area contributed by atoms with Crippen molar-refractivity contribution in [3.63, 3.8) is 0 Å². The second-order valence-electron chi connectivity index (χ2n) is 4.97. The van der Waals surface area contributed by atoms with Gasteiger partial charge in [-0.15, -0.1) is 0 Å². The lowest BCUT2D eigenvalue weighted by molar-refractivity contribution is -0.152. The maximum Gasteiger partial charge on any atom is 0.254 e. The molecule has 19 heavy (non-hydrogen) atoms. The summed E-state index contributed by atoms with van der Waals surface area (Å²) in [5, 5.41) is 0. The SMILES string of the molecule is CCC(C)(OC)C(=O)N(C)Cc1ccc(CN)cc1. The standard InChI is InChI=1S/C15H24N2O2/c1-5-15(2,19-4)14(18)17(3)11-13-8-6-12(10-16)7-9-13/h6-9H,5,10-11,16H2,1-4H3. The predicted molar refractivity (Wildman–Crippen MR) is 76.5 cm³/mol. The van der Waals surface area contributed by atoms with E-state index < -0.39 is 5.60 Å². The number of carbonyl (C=O) groups is 1. The summed E-state index contributed by atoms with van der Waals surface area (Å²) in [4.78, 5) is 14.0. The number of methoxy groups -OCH3 is 1. The van der Waals surface area contributed by atoms with Gasteiger partial charge in [-0.05, 0) is 24.5 Å². The monoisotopic (exact) mass is 264 g/mol. The highest BCUT2D eigenvalue weighted by atomic mass is 16.5. The Balaban J connectivity index is 2.73. The molecular formula is C15H24N2O2. The van der Waals surface area contributed by atoms with Crippen LogP contribution in [0.2, 0.25) is 0 Å². The van der Waals surface area contributed by atoms with Crippen molar-refractivity contribution in [2.45, 2.75) is 39.0 Å². The van der Waals surface area contributed by atoms with Gasteiger partial charge in [0.1, 0.15) is 5.60 Å². The molecule has 2 N–H and O–H groups in total. The third-order valence-electron chi connectivity index (χ3n) is 3.60. The third kappa shape index (κ3) is 3.78. The van der Waals surface area contributed by atoms with Crippen molar-refractivity contribution in [3.05, 3.63) is 35.4 Å². The number of nitrogens with two attached hydrogens (primary N) is 1. The fraction of sp³-hybridized carbons (Fsp3) is 0.533. The van der Waals surface area contributed by atoms with Gasteiger partial charge in [-0.3, -0.25) is 4.79 Å². The predicted octanol–water partition coefficient (Wildman–Crippen LogP) is 1.92. The topological polar surface area (TPSA) is 55.6 Å². The molecule has 0 spiro atoms. The molecule has 106 valence electrons. The number of ether oxygens (including phenoxy) is 1. The zero-order valence-electron chi connectivity index (χ0n) is 12.3. The zero-order chi connectivity index (χ0) is 14.5. The summed E-state index contributed by atoms with van der Waals surface area (Å²) in [6.45, 7) is 4.88. The van der Waals surface area contributed by atoms with Crippen LogP contribution in [0.15, 0.2) is 24.3 Å². The van der Waals surface area contributed by atoms with Crippen LogP contribution in [-0.4, -0.2) is 30.6 Å². The lowest BCUT2D eigenvalue weighted by Crippen LogP contribution is -2.46. The molecule has 0 aliphatic rings. The number of hydrogen-bond acceptors (Lipinski definition) is 3. The summed E-state index contributed by atoms with van der Waals surface area (Å²) >= 11 is 0. The molecule has 0 radical (unpaired) electrons. The van der Waals surface area contributed by atoms with E-state index in [4.69, 9.17) is 10.5 Å². The van der Waals surface area contributed by atoms with Crippen LogP contribution in [0, 0.1) is 0 Å². The summed E-state index contributed by atoms with van der Waals surface area (Å²) in [5.41, 5.74) is 6.99. The summed E-state index contributed by atoms with van der Waals surface area (Å²) in [5.74, 6) is 0.000372. The minimum atomic E-state index is -0.744. The average molecular weight is 264 g/mol. The van der Waals surface area contributed by atoms with E-state index in [9.17, 15) is 4.79 Å². The van der Waals surface area contributed by atoms with Crippen molar-refractivity contribution in [2.75, 3.05) is 14.2 Å². The van der Waals surface area contributed by atoms with Crippen molar-refractivity contribution >= 4 is 5.91 Å². The molecule has 0 bridgehead atoms. The summed E-state index contributed by atoms with van der Waals surface area (Å²) in [6.07, 6.45) is 0.652. The molecule has 1 unspecified atom stereocenters. The fourth-order valence-electron chi connectivity index (χ4n) is 1.91. The molecule has 4 nitrogen and oxygen atoms in total. The highest BCUT2D eigenvalue weighted by Gasteiger charge is 2.33. The van der Waals surface area contributed by atoms with Gasteiger partial charge in [-0.25, -0.2) is 0 Å². The molecule has 0 saturated carbocycles. The molecule has 4 heteroatoms. The molecule has 1 aromatic carbocycles. The Bertz CT molecular complexity index is 411. The van der Waals surface area contributed by atoms with Gasteiger partial charge in [-0.1, -0.05) is 31.2 Å². The maximum absolute atomic E-state index is 12.3. The Labute approximate surface area is 115 Å². The van der Waals surface area contributed by atoms with Gasteiger partial charge in [0, 0.05) is 27.2 Å². The third-order valence-corrected chi connectivity index (χ3v) is 3.60. The normalized spacial score (nSPS) is 13.9. The Morgan fingerprint density at radius 2 is 1.84 bits per heavy atom. The van der Waals surface area contributed by atoms with Crippen LogP contribution in [0.4, 0.5) is 0 Å². The summed E-state index contributed by atoms with van der Waals surface area (Å²) in [7, 11) is 3.37. The Kier molecular flexibility index (Phi) is 5.51. The van der Waals surface area contributed by atoms with Crippen molar-refractivity contribution in [2.24, 2.45) is 5.73 Å². The van der Waals surface area contributed by atoms with E-state index in [1.165, 1.54) is 0 Å².